The lowest BCUT2D eigenvalue weighted by atomic mass is 10.0. The molecule has 0 radical (unpaired) electrons. The number of nitrogens with one attached hydrogen (secondary N) is 1. The Bertz CT molecular complexity index is 659. The van der Waals surface area contributed by atoms with Crippen LogP contribution in [0.25, 0.3) is 10.9 Å². The molecule has 0 saturated carbocycles. The number of alkyl halides is 3. The van der Waals surface area contributed by atoms with Gasteiger partial charge in [-0.1, -0.05) is 6.07 Å². The normalized spacial score (nSPS) is 11.8. The van der Waals surface area contributed by atoms with Gasteiger partial charge in [-0.15, -0.1) is 0 Å². The van der Waals surface area contributed by atoms with Crippen LogP contribution in [0.1, 0.15) is 11.1 Å². The smallest absolute Gasteiger partial charge is 0.417 e. The van der Waals surface area contributed by atoms with Crippen molar-refractivity contribution in [3.05, 3.63) is 39.7 Å². The first kappa shape index (κ1) is 12.5. The van der Waals surface area contributed by atoms with Crippen molar-refractivity contribution >= 4 is 10.9 Å². The van der Waals surface area contributed by atoms with Crippen molar-refractivity contribution < 1.29 is 17.9 Å². The summed E-state index contributed by atoms with van der Waals surface area (Å²) in [6.45, 7) is 1.64. The Kier molecular flexibility index (Phi) is 2.80. The molecule has 0 bridgehead atoms. The van der Waals surface area contributed by atoms with Crippen LogP contribution in [-0.2, 0) is 6.18 Å². The molecule has 18 heavy (non-hydrogen) atoms. The van der Waals surface area contributed by atoms with Gasteiger partial charge in [0.2, 0.25) is 5.56 Å². The molecule has 0 unspecified atom stereocenters. The van der Waals surface area contributed by atoms with Crippen molar-refractivity contribution in [3.63, 3.8) is 0 Å². The number of pyridine rings is 1. The standard InChI is InChI=1S/C12H10F3NO2/c1-6-3-4-8-10(11(6)18-2)7(12(13,14)15)5-9(17)16-8/h3-5H,1-2H3,(H,16,17). The van der Waals surface area contributed by atoms with E-state index in [1.54, 1.807) is 13.0 Å². The topological polar surface area (TPSA) is 42.1 Å². The molecule has 0 saturated heterocycles. The Balaban J connectivity index is 3.00. The molecule has 1 aromatic heterocycles. The molecule has 6 heteroatoms. The summed E-state index contributed by atoms with van der Waals surface area (Å²) in [6, 6.07) is 3.57. The van der Waals surface area contributed by atoms with E-state index in [9.17, 15) is 18.0 Å². The van der Waals surface area contributed by atoms with Crippen molar-refractivity contribution in [2.45, 2.75) is 13.1 Å². The maximum absolute atomic E-state index is 12.9. The van der Waals surface area contributed by atoms with Gasteiger partial charge in [-0.2, -0.15) is 13.2 Å². The molecule has 2 aromatic rings. The molecule has 0 spiro atoms. The first-order valence-corrected chi connectivity index (χ1v) is 5.12. The van der Waals surface area contributed by atoms with Crippen LogP contribution < -0.4 is 10.3 Å². The van der Waals surface area contributed by atoms with Gasteiger partial charge in [-0.25, -0.2) is 0 Å². The molecule has 3 nitrogen and oxygen atoms in total. The minimum atomic E-state index is -4.60. The Morgan fingerprint density at radius 1 is 1.28 bits per heavy atom. The highest BCUT2D eigenvalue weighted by Gasteiger charge is 2.34. The lowest BCUT2D eigenvalue weighted by molar-refractivity contribution is -0.136. The van der Waals surface area contributed by atoms with Crippen LogP contribution in [0.4, 0.5) is 13.2 Å². The van der Waals surface area contributed by atoms with Crippen LogP contribution in [0.3, 0.4) is 0 Å². The van der Waals surface area contributed by atoms with Crippen LogP contribution in [-0.4, -0.2) is 12.1 Å². The van der Waals surface area contributed by atoms with Gasteiger partial charge in [-0.3, -0.25) is 4.79 Å². The zero-order chi connectivity index (χ0) is 13.5. The Labute approximate surface area is 100 Å². The van der Waals surface area contributed by atoms with Gasteiger partial charge < -0.3 is 9.72 Å². The van der Waals surface area contributed by atoms with E-state index in [4.69, 9.17) is 4.74 Å². The van der Waals surface area contributed by atoms with Crippen molar-refractivity contribution in [1.82, 2.24) is 4.98 Å². The number of methoxy groups -OCH3 is 1. The van der Waals surface area contributed by atoms with E-state index in [0.717, 1.165) is 0 Å². The zero-order valence-corrected chi connectivity index (χ0v) is 9.68. The van der Waals surface area contributed by atoms with Crippen molar-refractivity contribution in [3.8, 4) is 5.75 Å². The summed E-state index contributed by atoms with van der Waals surface area (Å²) >= 11 is 0. The number of halogens is 3. The van der Waals surface area contributed by atoms with E-state index in [2.05, 4.69) is 4.98 Å². The summed E-state index contributed by atoms with van der Waals surface area (Å²) in [6.07, 6.45) is -4.60. The molecule has 0 amide bonds. The number of rotatable bonds is 1. The first-order chi connectivity index (χ1) is 8.34. The molecule has 0 aliphatic heterocycles. The molecule has 2 rings (SSSR count). The molecular weight excluding hydrogens is 247 g/mol. The number of H-pyrrole nitrogens is 1. The van der Waals surface area contributed by atoms with Gasteiger partial charge >= 0.3 is 6.18 Å². The SMILES string of the molecule is COc1c(C)ccc2[nH]c(=O)cc(C(F)(F)F)c12. The van der Waals surface area contributed by atoms with E-state index in [-0.39, 0.29) is 16.7 Å². The van der Waals surface area contributed by atoms with Crippen molar-refractivity contribution in [2.75, 3.05) is 7.11 Å². The second-order valence-electron chi connectivity index (χ2n) is 3.88. The van der Waals surface area contributed by atoms with E-state index in [1.807, 2.05) is 0 Å². The number of aromatic amines is 1. The predicted molar refractivity (Wildman–Crippen MR) is 60.9 cm³/mol. The maximum Gasteiger partial charge on any atom is 0.417 e. The van der Waals surface area contributed by atoms with E-state index in [1.165, 1.54) is 13.2 Å². The quantitative estimate of drug-likeness (QED) is 0.853. The van der Waals surface area contributed by atoms with Crippen LogP contribution in [0.2, 0.25) is 0 Å². The summed E-state index contributed by atoms with van der Waals surface area (Å²) in [5.74, 6) is 0.121. The lowest BCUT2D eigenvalue weighted by Crippen LogP contribution is -2.14. The number of benzene rings is 1. The molecule has 1 heterocycles. The molecule has 1 aromatic carbocycles. The van der Waals surface area contributed by atoms with Gasteiger partial charge in [0.1, 0.15) is 5.75 Å². The fraction of sp³-hybridized carbons (Fsp3) is 0.250. The fourth-order valence-electron chi connectivity index (χ4n) is 1.92. The first-order valence-electron chi connectivity index (χ1n) is 5.12. The minimum Gasteiger partial charge on any atom is -0.496 e. The number of aromatic nitrogens is 1. The number of fused-ring (bicyclic) bond motifs is 1. The largest absolute Gasteiger partial charge is 0.496 e. The average molecular weight is 257 g/mol. The minimum absolute atomic E-state index is 0.109. The van der Waals surface area contributed by atoms with Crippen molar-refractivity contribution in [2.24, 2.45) is 0 Å². The highest BCUT2D eigenvalue weighted by Crippen LogP contribution is 2.38. The second kappa shape index (κ2) is 4.04. The number of ether oxygens (including phenoxy) is 1. The molecule has 0 aliphatic carbocycles. The highest BCUT2D eigenvalue weighted by molar-refractivity contribution is 5.90. The highest BCUT2D eigenvalue weighted by atomic mass is 19.4. The van der Waals surface area contributed by atoms with Gasteiger partial charge in [-0.05, 0) is 18.6 Å². The van der Waals surface area contributed by atoms with Gasteiger partial charge in [0, 0.05) is 6.07 Å². The molecule has 0 atom stereocenters. The van der Waals surface area contributed by atoms with Crippen molar-refractivity contribution in [1.29, 1.82) is 0 Å². The number of hydrogen-bond donors (Lipinski definition) is 1. The van der Waals surface area contributed by atoms with Crippen LogP contribution in [0.15, 0.2) is 23.0 Å². The molecule has 1 N–H and O–H groups in total. The third-order valence-electron chi connectivity index (χ3n) is 2.67. The second-order valence-corrected chi connectivity index (χ2v) is 3.88. The summed E-state index contributed by atoms with van der Waals surface area (Å²) in [5.41, 5.74) is -1.10. The summed E-state index contributed by atoms with van der Waals surface area (Å²) in [5, 5.41) is -0.121. The third kappa shape index (κ3) is 1.94. The molecule has 96 valence electrons. The van der Waals surface area contributed by atoms with E-state index >= 15 is 0 Å². The van der Waals surface area contributed by atoms with Gasteiger partial charge in [0.25, 0.3) is 0 Å². The van der Waals surface area contributed by atoms with E-state index < -0.39 is 17.3 Å². The molecule has 0 aliphatic rings. The zero-order valence-electron chi connectivity index (χ0n) is 9.68. The van der Waals surface area contributed by atoms with Crippen LogP contribution in [0.5, 0.6) is 5.75 Å². The Morgan fingerprint density at radius 3 is 2.50 bits per heavy atom. The Hall–Kier alpha value is -1.98. The van der Waals surface area contributed by atoms with Crippen LogP contribution in [0, 0.1) is 6.92 Å². The summed E-state index contributed by atoms with van der Waals surface area (Å²) in [4.78, 5) is 13.6. The van der Waals surface area contributed by atoms with Crippen LogP contribution >= 0.6 is 0 Å². The monoisotopic (exact) mass is 257 g/mol. The third-order valence-corrected chi connectivity index (χ3v) is 2.67. The van der Waals surface area contributed by atoms with E-state index in [0.29, 0.717) is 11.6 Å². The lowest BCUT2D eigenvalue weighted by Gasteiger charge is -2.14. The molecular formula is C12H10F3NO2. The number of aryl methyl sites for hydroxylation is 1. The fourth-order valence-corrected chi connectivity index (χ4v) is 1.92. The number of hydrogen-bond acceptors (Lipinski definition) is 2. The summed E-state index contributed by atoms with van der Waals surface area (Å²) in [7, 11) is 1.30. The van der Waals surface area contributed by atoms with Gasteiger partial charge in [0.05, 0.1) is 23.6 Å². The summed E-state index contributed by atoms with van der Waals surface area (Å²) < 4.78 is 43.8. The van der Waals surface area contributed by atoms with Gasteiger partial charge in [0.15, 0.2) is 0 Å². The average Bonchev–Trinajstić information content (AvgIpc) is 2.27. The maximum atomic E-state index is 12.9. The predicted octanol–water partition coefficient (Wildman–Crippen LogP) is 2.86. The Morgan fingerprint density at radius 2 is 1.94 bits per heavy atom. The molecule has 0 fully saturated rings.